The van der Waals surface area contributed by atoms with E-state index in [1.807, 2.05) is 0 Å². The molecule has 0 unspecified atom stereocenters. The molecule has 0 aliphatic carbocycles. The Morgan fingerprint density at radius 3 is 2.53 bits per heavy atom. The van der Waals surface area contributed by atoms with Crippen LogP contribution in [0.4, 0.5) is 11.4 Å². The van der Waals surface area contributed by atoms with Gasteiger partial charge < -0.3 is 11.1 Å². The topological polar surface area (TPSA) is 101 Å². The van der Waals surface area contributed by atoms with E-state index in [1.54, 1.807) is 32.9 Å². The normalized spacial score (nSPS) is 11.4. The lowest BCUT2D eigenvalue weighted by atomic mass is 10.1. The number of carbonyl (C=O) groups is 1. The summed E-state index contributed by atoms with van der Waals surface area (Å²) in [6.45, 7) is 5.39. The van der Waals surface area contributed by atoms with Crippen LogP contribution in [0.5, 0.6) is 0 Å². The fourth-order valence-electron chi connectivity index (χ4n) is 1.38. The molecule has 7 heteroatoms. The Hall–Kier alpha value is -1.76. The Balaban J connectivity index is 3.12. The van der Waals surface area contributed by atoms with Crippen molar-refractivity contribution in [2.24, 2.45) is 0 Å². The van der Waals surface area contributed by atoms with E-state index >= 15 is 0 Å². The zero-order valence-electron chi connectivity index (χ0n) is 11.2. The number of sulfonamides is 1. The molecule has 0 fully saturated rings. The number of nitrogens with two attached hydrogens (primary N) is 1. The van der Waals surface area contributed by atoms with Crippen molar-refractivity contribution < 1.29 is 13.2 Å². The molecule has 4 N–H and O–H groups in total. The third-order valence-electron chi connectivity index (χ3n) is 2.56. The number of nitrogens with one attached hydrogen (secondary N) is 2. The van der Waals surface area contributed by atoms with E-state index < -0.39 is 15.3 Å². The average molecular weight is 285 g/mol. The summed E-state index contributed by atoms with van der Waals surface area (Å²) in [5.41, 5.74) is 6.43. The van der Waals surface area contributed by atoms with Gasteiger partial charge in [0.2, 0.25) is 10.0 Å². The van der Waals surface area contributed by atoms with Crippen LogP contribution in [-0.4, -0.2) is 26.1 Å². The highest BCUT2D eigenvalue weighted by Gasteiger charge is 2.19. The predicted molar refractivity (Wildman–Crippen MR) is 76.5 cm³/mol. The number of anilines is 2. The highest BCUT2D eigenvalue weighted by atomic mass is 32.2. The molecule has 0 radical (unpaired) electrons. The smallest absolute Gasteiger partial charge is 0.253 e. The zero-order chi connectivity index (χ0) is 14.6. The zero-order valence-corrected chi connectivity index (χ0v) is 12.0. The second kappa shape index (κ2) is 5.92. The molecular weight excluding hydrogens is 266 g/mol. The molecule has 0 spiro atoms. The van der Waals surface area contributed by atoms with Crippen molar-refractivity contribution in [1.82, 2.24) is 5.32 Å². The molecule has 1 amide bonds. The van der Waals surface area contributed by atoms with E-state index in [-0.39, 0.29) is 22.8 Å². The summed E-state index contributed by atoms with van der Waals surface area (Å²) in [5.74, 6) is -0.328. The maximum atomic E-state index is 11.8. The third kappa shape index (κ3) is 3.60. The van der Waals surface area contributed by atoms with E-state index in [1.165, 1.54) is 6.07 Å². The highest BCUT2D eigenvalue weighted by Crippen LogP contribution is 2.24. The van der Waals surface area contributed by atoms with Crippen molar-refractivity contribution in [3.05, 3.63) is 23.8 Å². The largest absolute Gasteiger partial charge is 0.396 e. The van der Waals surface area contributed by atoms with Gasteiger partial charge in [0.05, 0.1) is 22.2 Å². The summed E-state index contributed by atoms with van der Waals surface area (Å²) in [4.78, 5) is 11.7. The fourth-order valence-corrected chi connectivity index (χ4v) is 2.10. The maximum absolute atomic E-state index is 11.8. The van der Waals surface area contributed by atoms with Gasteiger partial charge in [-0.05, 0) is 32.9 Å². The highest BCUT2D eigenvalue weighted by molar-refractivity contribution is 7.93. The van der Waals surface area contributed by atoms with Crippen molar-refractivity contribution >= 4 is 27.3 Å². The summed E-state index contributed by atoms with van der Waals surface area (Å²) in [7, 11) is -3.49. The second-order valence-corrected chi connectivity index (χ2v) is 6.56. The number of benzene rings is 1. The van der Waals surface area contributed by atoms with Crippen LogP contribution >= 0.6 is 0 Å². The minimum absolute atomic E-state index is 0.123. The molecule has 6 nitrogen and oxygen atoms in total. The van der Waals surface area contributed by atoms with Gasteiger partial charge in [0.15, 0.2) is 0 Å². The fraction of sp³-hybridized carbons (Fsp3) is 0.417. The van der Waals surface area contributed by atoms with Gasteiger partial charge in [0, 0.05) is 6.54 Å². The van der Waals surface area contributed by atoms with Crippen LogP contribution in [0, 0.1) is 0 Å². The third-order valence-corrected chi connectivity index (χ3v) is 4.31. The first-order valence-corrected chi connectivity index (χ1v) is 7.52. The minimum atomic E-state index is -3.49. The van der Waals surface area contributed by atoms with Crippen LogP contribution in [0.1, 0.15) is 31.1 Å². The first kappa shape index (κ1) is 15.3. The number of rotatable bonds is 5. The Labute approximate surface area is 113 Å². The van der Waals surface area contributed by atoms with Gasteiger partial charge >= 0.3 is 0 Å². The SMILES string of the molecule is CCNC(=O)c1cccc(NS(=O)(=O)C(C)C)c1N. The molecule has 0 heterocycles. The summed E-state index contributed by atoms with van der Waals surface area (Å²) < 4.78 is 26.0. The van der Waals surface area contributed by atoms with Gasteiger partial charge in [0.25, 0.3) is 5.91 Å². The number of para-hydroxylation sites is 1. The Morgan fingerprint density at radius 2 is 2.00 bits per heavy atom. The molecule has 1 aromatic carbocycles. The predicted octanol–water partition coefficient (Wildman–Crippen LogP) is 1.17. The van der Waals surface area contributed by atoms with E-state index in [0.717, 1.165) is 0 Å². The second-order valence-electron chi connectivity index (χ2n) is 4.32. The maximum Gasteiger partial charge on any atom is 0.253 e. The van der Waals surface area contributed by atoms with Crippen LogP contribution in [0.15, 0.2) is 18.2 Å². The van der Waals surface area contributed by atoms with Gasteiger partial charge in [-0.15, -0.1) is 0 Å². The summed E-state index contributed by atoms with van der Waals surface area (Å²) in [6.07, 6.45) is 0. The van der Waals surface area contributed by atoms with E-state index in [2.05, 4.69) is 10.0 Å². The number of hydrogen-bond donors (Lipinski definition) is 3. The van der Waals surface area contributed by atoms with Crippen molar-refractivity contribution in [1.29, 1.82) is 0 Å². The summed E-state index contributed by atoms with van der Waals surface area (Å²) >= 11 is 0. The van der Waals surface area contributed by atoms with Crippen LogP contribution in [0.25, 0.3) is 0 Å². The van der Waals surface area contributed by atoms with Crippen molar-refractivity contribution in [2.45, 2.75) is 26.0 Å². The number of hydrogen-bond acceptors (Lipinski definition) is 4. The van der Waals surface area contributed by atoms with Crippen LogP contribution in [0.2, 0.25) is 0 Å². The summed E-state index contributed by atoms with van der Waals surface area (Å²) in [5, 5.41) is 2.04. The van der Waals surface area contributed by atoms with Crippen molar-refractivity contribution in [2.75, 3.05) is 17.0 Å². The number of carbonyl (C=O) groups excluding carboxylic acids is 1. The van der Waals surface area contributed by atoms with Gasteiger partial charge in [-0.3, -0.25) is 9.52 Å². The molecule has 106 valence electrons. The molecule has 1 rings (SSSR count). The minimum Gasteiger partial charge on any atom is -0.396 e. The first-order valence-electron chi connectivity index (χ1n) is 5.98. The Morgan fingerprint density at radius 1 is 1.37 bits per heavy atom. The molecule has 19 heavy (non-hydrogen) atoms. The van der Waals surface area contributed by atoms with Crippen LogP contribution in [0.3, 0.4) is 0 Å². The number of amides is 1. The Kier molecular flexibility index (Phi) is 4.77. The van der Waals surface area contributed by atoms with Crippen LogP contribution in [-0.2, 0) is 10.0 Å². The molecule has 0 saturated heterocycles. The van der Waals surface area contributed by atoms with Gasteiger partial charge in [0.1, 0.15) is 0 Å². The molecule has 0 aliphatic heterocycles. The molecule has 1 aromatic rings. The molecule has 0 bridgehead atoms. The number of nitrogen functional groups attached to an aromatic ring is 1. The standard InChI is InChI=1S/C12H19N3O3S/c1-4-14-12(16)9-6-5-7-10(11(9)13)15-19(17,18)8(2)3/h5-8,15H,4,13H2,1-3H3,(H,14,16). The van der Waals surface area contributed by atoms with Gasteiger partial charge in [-0.1, -0.05) is 6.07 Å². The van der Waals surface area contributed by atoms with Crippen LogP contribution < -0.4 is 15.8 Å². The molecule has 0 aromatic heterocycles. The molecule has 0 aliphatic rings. The Bertz CT molecular complexity index is 568. The quantitative estimate of drug-likeness (QED) is 0.707. The first-order chi connectivity index (χ1) is 8.79. The molecule has 0 saturated carbocycles. The van der Waals surface area contributed by atoms with E-state index in [9.17, 15) is 13.2 Å². The molecule has 0 atom stereocenters. The summed E-state index contributed by atoms with van der Waals surface area (Å²) in [6, 6.07) is 4.66. The van der Waals surface area contributed by atoms with E-state index in [0.29, 0.717) is 6.54 Å². The lowest BCUT2D eigenvalue weighted by Gasteiger charge is -2.14. The van der Waals surface area contributed by atoms with Crippen molar-refractivity contribution in [3.8, 4) is 0 Å². The lowest BCUT2D eigenvalue weighted by molar-refractivity contribution is 0.0956. The lowest BCUT2D eigenvalue weighted by Crippen LogP contribution is -2.26. The van der Waals surface area contributed by atoms with Gasteiger partial charge in [-0.2, -0.15) is 0 Å². The monoisotopic (exact) mass is 285 g/mol. The van der Waals surface area contributed by atoms with Gasteiger partial charge in [-0.25, -0.2) is 8.42 Å². The average Bonchev–Trinajstić information content (AvgIpc) is 2.31. The van der Waals surface area contributed by atoms with E-state index in [4.69, 9.17) is 5.73 Å². The van der Waals surface area contributed by atoms with Crippen molar-refractivity contribution in [3.63, 3.8) is 0 Å². The molecular formula is C12H19N3O3S.